The summed E-state index contributed by atoms with van der Waals surface area (Å²) < 4.78 is 7.86. The first-order valence-electron chi connectivity index (χ1n) is 9.27. The average molecular weight is 367 g/mol. The summed E-state index contributed by atoms with van der Waals surface area (Å²) in [6, 6.07) is 19.1. The highest BCUT2D eigenvalue weighted by Crippen LogP contribution is 2.30. The fourth-order valence-electron chi connectivity index (χ4n) is 3.66. The third-order valence-electron chi connectivity index (χ3n) is 4.97. The van der Waals surface area contributed by atoms with Gasteiger partial charge in [-0.25, -0.2) is 14.6 Å². The van der Waals surface area contributed by atoms with E-state index in [-0.39, 0.29) is 0 Å². The van der Waals surface area contributed by atoms with Gasteiger partial charge in [0.1, 0.15) is 23.5 Å². The van der Waals surface area contributed by atoms with Crippen LogP contribution in [0.25, 0.3) is 22.3 Å². The van der Waals surface area contributed by atoms with Crippen LogP contribution in [0.2, 0.25) is 0 Å². The van der Waals surface area contributed by atoms with E-state index in [0.717, 1.165) is 53.4 Å². The summed E-state index contributed by atoms with van der Waals surface area (Å²) in [4.78, 5) is 11.0. The molecule has 0 spiro atoms. The highest BCUT2D eigenvalue weighted by atomic mass is 16.5. The van der Waals surface area contributed by atoms with Crippen LogP contribution in [0.5, 0.6) is 11.5 Å². The molecule has 1 aliphatic heterocycles. The number of hydrogen-bond donors (Lipinski definition) is 0. The van der Waals surface area contributed by atoms with Crippen molar-refractivity contribution in [2.45, 2.75) is 6.54 Å². The number of hydrogen-bond acceptors (Lipinski definition) is 5. The van der Waals surface area contributed by atoms with E-state index in [9.17, 15) is 0 Å². The Morgan fingerprint density at radius 3 is 2.71 bits per heavy atom. The topological polar surface area (TPSA) is 56.1 Å². The molecule has 3 heterocycles. The molecule has 2 aromatic carbocycles. The molecule has 0 unspecified atom stereocenters. The molecule has 2 aromatic heterocycles. The Balaban J connectivity index is 1.44. The van der Waals surface area contributed by atoms with E-state index in [2.05, 4.69) is 34.9 Å². The van der Waals surface area contributed by atoms with Crippen molar-refractivity contribution < 1.29 is 4.74 Å². The van der Waals surface area contributed by atoms with E-state index in [1.165, 1.54) is 0 Å². The number of nitrogens with zero attached hydrogens (tertiary/aromatic N) is 5. The lowest BCUT2D eigenvalue weighted by Crippen LogP contribution is -2.46. The fraction of sp³-hybridized carbons (Fsp3) is 0.190. The van der Waals surface area contributed by atoms with Crippen molar-refractivity contribution in [3.8, 4) is 22.8 Å². The number of fused-ring (bicyclic) bond motifs is 1. The molecule has 6 nitrogen and oxygen atoms in total. The highest BCUT2D eigenvalue weighted by Gasteiger charge is 2.25. The van der Waals surface area contributed by atoms with Crippen LogP contribution in [-0.2, 0) is 6.54 Å². The van der Waals surface area contributed by atoms with E-state index in [1.54, 1.807) is 18.5 Å². The van der Waals surface area contributed by atoms with Gasteiger partial charge in [-0.2, -0.15) is 5.10 Å². The summed E-state index contributed by atoms with van der Waals surface area (Å²) in [5.41, 5.74) is 2.80. The van der Waals surface area contributed by atoms with Crippen LogP contribution in [-0.4, -0.2) is 45.6 Å². The van der Waals surface area contributed by atoms with Crippen molar-refractivity contribution in [3.05, 3.63) is 67.1 Å². The summed E-state index contributed by atoms with van der Waals surface area (Å²) >= 11 is 0. The third-order valence-corrected chi connectivity index (χ3v) is 4.97. The smallest absolute Gasteiger partial charge is 0.185 e. The second kappa shape index (κ2) is 6.99. The number of ether oxygens (including phenoxy) is 1. The molecule has 1 saturated heterocycles. The molecular formula is C21H18BN5O. The van der Waals surface area contributed by atoms with Crippen molar-refractivity contribution in [2.24, 2.45) is 5.92 Å². The lowest BCUT2D eigenvalue weighted by atomic mass is 9.96. The largest absolute Gasteiger partial charge is 0.457 e. The second-order valence-electron chi connectivity index (χ2n) is 7.17. The van der Waals surface area contributed by atoms with Crippen LogP contribution in [0.15, 0.2) is 55.0 Å². The van der Waals surface area contributed by atoms with Gasteiger partial charge in [0.2, 0.25) is 0 Å². The Kier molecular flexibility index (Phi) is 4.19. The Hall–Kier alpha value is -3.37. The predicted octanol–water partition coefficient (Wildman–Crippen LogP) is 2.37. The molecule has 7 heteroatoms. The minimum Gasteiger partial charge on any atom is -0.457 e. The van der Waals surface area contributed by atoms with Gasteiger partial charge in [-0.1, -0.05) is 12.1 Å². The van der Waals surface area contributed by atoms with Crippen LogP contribution < -0.4 is 4.74 Å². The van der Waals surface area contributed by atoms with Gasteiger partial charge in [0.05, 0.1) is 5.39 Å². The molecule has 0 amide bonds. The van der Waals surface area contributed by atoms with E-state index in [4.69, 9.17) is 9.84 Å². The first kappa shape index (κ1) is 16.8. The lowest BCUT2D eigenvalue weighted by molar-refractivity contribution is 0.182. The van der Waals surface area contributed by atoms with Crippen molar-refractivity contribution in [1.29, 1.82) is 0 Å². The summed E-state index contributed by atoms with van der Waals surface area (Å²) in [5, 5.41) is 5.84. The Bertz CT molecular complexity index is 1090. The van der Waals surface area contributed by atoms with Gasteiger partial charge in [-0.3, -0.25) is 0 Å². The minimum atomic E-state index is 0.617. The van der Waals surface area contributed by atoms with Crippen LogP contribution in [0.1, 0.15) is 0 Å². The molecule has 0 radical (unpaired) electrons. The summed E-state index contributed by atoms with van der Waals surface area (Å²) in [7, 11) is 2.14. The van der Waals surface area contributed by atoms with Crippen LogP contribution >= 0.6 is 0 Å². The Morgan fingerprint density at radius 2 is 1.96 bits per heavy atom. The maximum absolute atomic E-state index is 5.84. The third kappa shape index (κ3) is 3.19. The van der Waals surface area contributed by atoms with E-state index >= 15 is 0 Å². The molecule has 0 bridgehead atoms. The van der Waals surface area contributed by atoms with Gasteiger partial charge >= 0.3 is 0 Å². The van der Waals surface area contributed by atoms with E-state index in [0.29, 0.717) is 5.92 Å². The van der Waals surface area contributed by atoms with E-state index < -0.39 is 0 Å². The zero-order chi connectivity index (χ0) is 18.9. The molecule has 0 saturated carbocycles. The molecule has 0 aliphatic carbocycles. The first-order chi connectivity index (χ1) is 13.8. The quantitative estimate of drug-likeness (QED) is 0.507. The van der Waals surface area contributed by atoms with Crippen molar-refractivity contribution >= 4 is 19.0 Å². The van der Waals surface area contributed by atoms with E-state index in [1.807, 2.05) is 41.2 Å². The molecule has 0 N–H and O–H groups in total. The maximum Gasteiger partial charge on any atom is 0.185 e. The number of aromatic nitrogens is 4. The molecule has 5 rings (SSSR count). The van der Waals surface area contributed by atoms with Crippen LogP contribution in [0.4, 0.5) is 0 Å². The molecular weight excluding hydrogens is 349 g/mol. The monoisotopic (exact) mass is 367 g/mol. The van der Waals surface area contributed by atoms with Gasteiger partial charge in [0.15, 0.2) is 13.6 Å². The summed E-state index contributed by atoms with van der Waals surface area (Å²) in [5.74, 6) is 2.12. The van der Waals surface area contributed by atoms with Crippen molar-refractivity contribution in [3.63, 3.8) is 0 Å². The normalized spacial score (nSPS) is 14.6. The molecule has 4 aromatic rings. The van der Waals surface area contributed by atoms with Crippen LogP contribution in [0.3, 0.4) is 0 Å². The van der Waals surface area contributed by atoms with Crippen molar-refractivity contribution in [1.82, 2.24) is 24.6 Å². The number of benzene rings is 1. The zero-order valence-electron chi connectivity index (χ0n) is 15.5. The maximum atomic E-state index is 5.84. The highest BCUT2D eigenvalue weighted by molar-refractivity contribution is 6.04. The van der Waals surface area contributed by atoms with Gasteiger partial charge in [0, 0.05) is 30.3 Å². The van der Waals surface area contributed by atoms with Gasteiger partial charge in [-0.15, -0.1) is 0 Å². The second-order valence-corrected chi connectivity index (χ2v) is 7.17. The predicted molar refractivity (Wildman–Crippen MR) is 109 cm³/mol. The Morgan fingerprint density at radius 1 is 1.11 bits per heavy atom. The number of rotatable bonds is 5. The van der Waals surface area contributed by atoms with Gasteiger partial charge in [0.25, 0.3) is 0 Å². The summed E-state index contributed by atoms with van der Waals surface area (Å²) in [6.45, 7) is 3.07. The van der Waals surface area contributed by atoms with Gasteiger partial charge < -0.3 is 9.55 Å². The molecule has 1 aliphatic rings. The molecule has 1 fully saturated rings. The SMILES string of the molecule is BN1CC(Cn2nc(-c3ccc(Oc4cc#ccc4)cc3)c3cncnc32)C1. The standard InChI is InChI=1S/C21H18BN5O/c22-26-11-15(12-26)13-27-21-19(10-23-14-24-21)20(25-27)16-6-8-18(9-7-16)28-17-4-2-1-3-5-17/h2,4-10,14-15H,11-13,22H2. The molecule has 136 valence electrons. The van der Waals surface area contributed by atoms with Crippen molar-refractivity contribution in [2.75, 3.05) is 13.1 Å². The van der Waals surface area contributed by atoms with Crippen LogP contribution in [0, 0.1) is 18.1 Å². The zero-order valence-corrected chi connectivity index (χ0v) is 15.5. The molecule has 28 heavy (non-hydrogen) atoms. The fourth-order valence-corrected chi connectivity index (χ4v) is 3.66. The minimum absolute atomic E-state index is 0.617. The Labute approximate surface area is 164 Å². The first-order valence-corrected chi connectivity index (χ1v) is 9.27. The molecule has 0 atom stereocenters. The summed E-state index contributed by atoms with van der Waals surface area (Å²) in [6.07, 6.45) is 3.43. The lowest BCUT2D eigenvalue weighted by Gasteiger charge is -2.36. The van der Waals surface area contributed by atoms with Gasteiger partial charge in [-0.05, 0) is 49.5 Å². The average Bonchev–Trinajstić information content (AvgIpc) is 3.07.